The van der Waals surface area contributed by atoms with Crippen molar-refractivity contribution in [3.05, 3.63) is 63.7 Å². The molecular weight excluding hydrogens is 336 g/mol. The molecule has 7 heteroatoms. The Labute approximate surface area is 151 Å². The maximum atomic E-state index is 12.9. The summed E-state index contributed by atoms with van der Waals surface area (Å²) >= 11 is 0. The fourth-order valence-corrected chi connectivity index (χ4v) is 2.83. The SMILES string of the molecule is COc1ccc(OC)c(CN(C(=O)c2ccc([N+](=O)[O-])cc2)C2CC2)c1. The monoisotopic (exact) mass is 356 g/mol. The van der Waals surface area contributed by atoms with Gasteiger partial charge in [-0.3, -0.25) is 14.9 Å². The molecule has 2 aromatic rings. The molecule has 1 saturated carbocycles. The highest BCUT2D eigenvalue weighted by Crippen LogP contribution is 2.33. The Kier molecular flexibility index (Phi) is 5.06. The third kappa shape index (κ3) is 3.77. The first-order valence-corrected chi connectivity index (χ1v) is 8.30. The van der Waals surface area contributed by atoms with Crippen LogP contribution in [0.15, 0.2) is 42.5 Å². The molecule has 3 rings (SSSR count). The van der Waals surface area contributed by atoms with Crippen molar-refractivity contribution in [1.29, 1.82) is 0 Å². The molecule has 0 N–H and O–H groups in total. The standard InChI is InChI=1S/C19H20N2O5/c1-25-17-9-10-18(26-2)14(11-17)12-20(15-7-8-15)19(22)13-3-5-16(6-4-13)21(23)24/h3-6,9-11,15H,7-8,12H2,1-2H3. The second-order valence-electron chi connectivity index (χ2n) is 6.15. The Bertz CT molecular complexity index is 815. The molecule has 0 heterocycles. The molecule has 0 spiro atoms. The summed E-state index contributed by atoms with van der Waals surface area (Å²) < 4.78 is 10.7. The number of methoxy groups -OCH3 is 2. The van der Waals surface area contributed by atoms with Crippen molar-refractivity contribution in [3.8, 4) is 11.5 Å². The van der Waals surface area contributed by atoms with Crippen LogP contribution in [0.1, 0.15) is 28.8 Å². The summed E-state index contributed by atoms with van der Waals surface area (Å²) in [6.07, 6.45) is 1.90. The van der Waals surface area contributed by atoms with Gasteiger partial charge in [-0.15, -0.1) is 0 Å². The Morgan fingerprint density at radius 2 is 1.85 bits per heavy atom. The first kappa shape index (κ1) is 17.7. The average Bonchev–Trinajstić information content (AvgIpc) is 3.50. The summed E-state index contributed by atoms with van der Waals surface area (Å²) in [4.78, 5) is 25.1. The molecule has 0 atom stereocenters. The predicted molar refractivity (Wildman–Crippen MR) is 95.5 cm³/mol. The van der Waals surface area contributed by atoms with Crippen molar-refractivity contribution in [1.82, 2.24) is 4.90 Å². The van der Waals surface area contributed by atoms with Gasteiger partial charge in [0.25, 0.3) is 11.6 Å². The number of nitrogens with zero attached hydrogens (tertiary/aromatic N) is 2. The van der Waals surface area contributed by atoms with Gasteiger partial charge in [0.05, 0.1) is 25.7 Å². The highest BCUT2D eigenvalue weighted by Gasteiger charge is 2.33. The zero-order valence-electron chi connectivity index (χ0n) is 14.7. The highest BCUT2D eigenvalue weighted by molar-refractivity contribution is 5.94. The molecule has 0 saturated heterocycles. The first-order valence-electron chi connectivity index (χ1n) is 8.30. The van der Waals surface area contributed by atoms with Crippen molar-refractivity contribution < 1.29 is 19.2 Å². The fraction of sp³-hybridized carbons (Fsp3) is 0.316. The Morgan fingerprint density at radius 1 is 1.15 bits per heavy atom. The second kappa shape index (κ2) is 7.43. The minimum absolute atomic E-state index is 0.0333. The van der Waals surface area contributed by atoms with Gasteiger partial charge in [-0.05, 0) is 43.2 Å². The molecule has 136 valence electrons. The summed E-state index contributed by atoms with van der Waals surface area (Å²) in [5.74, 6) is 1.24. The number of carbonyl (C=O) groups excluding carboxylic acids is 1. The van der Waals surface area contributed by atoms with Crippen molar-refractivity contribution in [3.63, 3.8) is 0 Å². The van der Waals surface area contributed by atoms with Crippen molar-refractivity contribution >= 4 is 11.6 Å². The zero-order chi connectivity index (χ0) is 18.7. The van der Waals surface area contributed by atoms with E-state index in [9.17, 15) is 14.9 Å². The number of hydrogen-bond acceptors (Lipinski definition) is 5. The van der Waals surface area contributed by atoms with Gasteiger partial charge in [0.1, 0.15) is 11.5 Å². The molecule has 1 aliphatic carbocycles. The molecule has 0 aliphatic heterocycles. The molecule has 0 radical (unpaired) electrons. The van der Waals surface area contributed by atoms with E-state index in [0.29, 0.717) is 23.6 Å². The van der Waals surface area contributed by atoms with Crippen LogP contribution in [-0.2, 0) is 6.54 Å². The van der Waals surface area contributed by atoms with Crippen LogP contribution in [0.3, 0.4) is 0 Å². The smallest absolute Gasteiger partial charge is 0.269 e. The molecule has 0 bridgehead atoms. The van der Waals surface area contributed by atoms with Gasteiger partial charge >= 0.3 is 0 Å². The van der Waals surface area contributed by atoms with E-state index in [1.54, 1.807) is 19.1 Å². The minimum atomic E-state index is -0.478. The van der Waals surface area contributed by atoms with E-state index in [-0.39, 0.29) is 17.6 Å². The summed E-state index contributed by atoms with van der Waals surface area (Å²) in [7, 11) is 3.18. The van der Waals surface area contributed by atoms with Crippen LogP contribution in [0, 0.1) is 10.1 Å². The van der Waals surface area contributed by atoms with E-state index >= 15 is 0 Å². The first-order chi connectivity index (χ1) is 12.5. The molecule has 2 aromatic carbocycles. The van der Waals surface area contributed by atoms with Crippen molar-refractivity contribution in [2.45, 2.75) is 25.4 Å². The normalized spacial score (nSPS) is 13.2. The Balaban J connectivity index is 1.86. The number of non-ortho nitro benzene ring substituents is 1. The van der Waals surface area contributed by atoms with Gasteiger partial charge in [-0.25, -0.2) is 0 Å². The van der Waals surface area contributed by atoms with Gasteiger partial charge in [-0.2, -0.15) is 0 Å². The quantitative estimate of drug-likeness (QED) is 0.561. The number of ether oxygens (including phenoxy) is 2. The number of benzene rings is 2. The largest absolute Gasteiger partial charge is 0.497 e. The van der Waals surface area contributed by atoms with Crippen LogP contribution in [-0.4, -0.2) is 36.0 Å². The molecule has 1 fully saturated rings. The van der Waals surface area contributed by atoms with Crippen LogP contribution in [0.5, 0.6) is 11.5 Å². The molecular formula is C19H20N2O5. The van der Waals surface area contributed by atoms with Crippen LogP contribution >= 0.6 is 0 Å². The summed E-state index contributed by atoms with van der Waals surface area (Å²) in [5, 5.41) is 10.8. The lowest BCUT2D eigenvalue weighted by Crippen LogP contribution is -2.32. The summed E-state index contributed by atoms with van der Waals surface area (Å²) in [6, 6.07) is 11.4. The lowest BCUT2D eigenvalue weighted by Gasteiger charge is -2.24. The lowest BCUT2D eigenvalue weighted by molar-refractivity contribution is -0.384. The van der Waals surface area contributed by atoms with Gasteiger partial charge in [0.15, 0.2) is 0 Å². The van der Waals surface area contributed by atoms with E-state index in [1.807, 2.05) is 18.2 Å². The maximum absolute atomic E-state index is 12.9. The molecule has 26 heavy (non-hydrogen) atoms. The molecule has 0 unspecified atom stereocenters. The van der Waals surface area contributed by atoms with Gasteiger partial charge in [-0.1, -0.05) is 0 Å². The van der Waals surface area contributed by atoms with Gasteiger partial charge < -0.3 is 14.4 Å². The molecule has 1 amide bonds. The fourth-order valence-electron chi connectivity index (χ4n) is 2.83. The summed E-state index contributed by atoms with van der Waals surface area (Å²) in [6.45, 7) is 0.390. The number of carbonyl (C=O) groups is 1. The number of amides is 1. The van der Waals surface area contributed by atoms with Crippen molar-refractivity contribution in [2.75, 3.05) is 14.2 Å². The number of nitro groups is 1. The maximum Gasteiger partial charge on any atom is 0.269 e. The van der Waals surface area contributed by atoms with E-state index in [0.717, 1.165) is 18.4 Å². The molecule has 7 nitrogen and oxygen atoms in total. The average molecular weight is 356 g/mol. The van der Waals surface area contributed by atoms with E-state index in [4.69, 9.17) is 9.47 Å². The molecule has 1 aliphatic rings. The van der Waals surface area contributed by atoms with E-state index < -0.39 is 4.92 Å². The molecule has 0 aromatic heterocycles. The van der Waals surface area contributed by atoms with Gasteiger partial charge in [0.2, 0.25) is 0 Å². The Hall–Kier alpha value is -3.09. The Morgan fingerprint density at radius 3 is 2.38 bits per heavy atom. The summed E-state index contributed by atoms with van der Waals surface area (Å²) in [5.41, 5.74) is 1.26. The number of rotatable bonds is 7. The lowest BCUT2D eigenvalue weighted by atomic mass is 10.1. The van der Waals surface area contributed by atoms with Crippen LogP contribution in [0.4, 0.5) is 5.69 Å². The van der Waals surface area contributed by atoms with Crippen molar-refractivity contribution in [2.24, 2.45) is 0 Å². The number of nitro benzene ring substituents is 1. The predicted octanol–water partition coefficient (Wildman–Crippen LogP) is 3.42. The second-order valence-corrected chi connectivity index (χ2v) is 6.15. The minimum Gasteiger partial charge on any atom is -0.497 e. The van der Waals surface area contributed by atoms with E-state index in [2.05, 4.69) is 0 Å². The van der Waals surface area contributed by atoms with Crippen LogP contribution in [0.25, 0.3) is 0 Å². The topological polar surface area (TPSA) is 81.9 Å². The third-order valence-corrected chi connectivity index (χ3v) is 4.40. The van der Waals surface area contributed by atoms with Gasteiger partial charge in [0, 0.05) is 29.3 Å². The van der Waals surface area contributed by atoms with E-state index in [1.165, 1.54) is 24.3 Å². The van der Waals surface area contributed by atoms with Crippen LogP contribution < -0.4 is 9.47 Å². The highest BCUT2D eigenvalue weighted by atomic mass is 16.6. The number of hydrogen-bond donors (Lipinski definition) is 0. The zero-order valence-corrected chi connectivity index (χ0v) is 14.7. The van der Waals surface area contributed by atoms with Crippen LogP contribution in [0.2, 0.25) is 0 Å². The third-order valence-electron chi connectivity index (χ3n) is 4.40.